The van der Waals surface area contributed by atoms with Crippen LogP contribution in [0.2, 0.25) is 0 Å². The molecule has 2 rings (SSSR count). The zero-order chi connectivity index (χ0) is 13.2. The van der Waals surface area contributed by atoms with Crippen molar-refractivity contribution in [3.8, 4) is 0 Å². The molecule has 1 fully saturated rings. The fourth-order valence-electron chi connectivity index (χ4n) is 2.24. The van der Waals surface area contributed by atoms with Crippen LogP contribution in [0.3, 0.4) is 0 Å². The maximum Gasteiger partial charge on any atom is 0.239 e. The average Bonchev–Trinajstić information content (AvgIpc) is 2.87. The smallest absolute Gasteiger partial charge is 0.239 e. The summed E-state index contributed by atoms with van der Waals surface area (Å²) in [7, 11) is 0. The minimum absolute atomic E-state index is 0.0652. The lowest BCUT2D eigenvalue weighted by Gasteiger charge is -2.22. The van der Waals surface area contributed by atoms with Crippen LogP contribution < -0.4 is 11.1 Å². The van der Waals surface area contributed by atoms with E-state index in [4.69, 9.17) is 10.3 Å². The Hall–Kier alpha value is -1.40. The Bertz CT molecular complexity index is 431. The van der Waals surface area contributed by atoms with Gasteiger partial charge in [-0.15, -0.1) is 0 Å². The number of hydrogen-bond acceptors (Lipinski definition) is 5. The maximum absolute atomic E-state index is 11.8. The van der Waals surface area contributed by atoms with Crippen molar-refractivity contribution in [2.24, 2.45) is 11.1 Å². The van der Waals surface area contributed by atoms with Crippen LogP contribution >= 0.6 is 0 Å². The first-order chi connectivity index (χ1) is 8.50. The fourth-order valence-corrected chi connectivity index (χ4v) is 2.24. The molecule has 2 heterocycles. The van der Waals surface area contributed by atoms with Crippen LogP contribution in [0.1, 0.15) is 19.1 Å². The summed E-state index contributed by atoms with van der Waals surface area (Å²) >= 11 is 0. The molecule has 1 amide bonds. The van der Waals surface area contributed by atoms with Gasteiger partial charge in [-0.1, -0.05) is 12.1 Å². The van der Waals surface area contributed by atoms with Crippen LogP contribution in [-0.2, 0) is 4.79 Å². The van der Waals surface area contributed by atoms with Crippen LogP contribution in [0.15, 0.2) is 10.6 Å². The number of rotatable bonds is 4. The zero-order valence-corrected chi connectivity index (χ0v) is 10.9. The first-order valence-electron chi connectivity index (χ1n) is 6.16. The van der Waals surface area contributed by atoms with E-state index in [2.05, 4.69) is 22.3 Å². The Morgan fingerprint density at radius 1 is 1.72 bits per heavy atom. The highest BCUT2D eigenvalue weighted by Crippen LogP contribution is 2.28. The Kier molecular flexibility index (Phi) is 3.68. The van der Waals surface area contributed by atoms with E-state index in [-0.39, 0.29) is 11.3 Å². The molecule has 0 spiro atoms. The highest BCUT2D eigenvalue weighted by Gasteiger charge is 2.33. The predicted molar refractivity (Wildman–Crippen MR) is 68.1 cm³/mol. The van der Waals surface area contributed by atoms with Gasteiger partial charge in [-0.2, -0.15) is 0 Å². The van der Waals surface area contributed by atoms with Crippen LogP contribution in [0.25, 0.3) is 0 Å². The highest BCUT2D eigenvalue weighted by molar-refractivity contribution is 5.91. The van der Waals surface area contributed by atoms with Gasteiger partial charge in [-0.25, -0.2) is 0 Å². The number of anilines is 1. The second-order valence-electron chi connectivity index (χ2n) is 5.35. The monoisotopic (exact) mass is 252 g/mol. The van der Waals surface area contributed by atoms with Gasteiger partial charge in [0.25, 0.3) is 0 Å². The molecule has 1 aromatic heterocycles. The third-order valence-electron chi connectivity index (χ3n) is 3.39. The molecule has 1 saturated heterocycles. The van der Waals surface area contributed by atoms with E-state index < -0.39 is 0 Å². The molecule has 1 aromatic rings. The van der Waals surface area contributed by atoms with Crippen molar-refractivity contribution in [2.45, 2.75) is 20.3 Å². The number of aromatic nitrogens is 1. The molecule has 1 aliphatic rings. The van der Waals surface area contributed by atoms with Gasteiger partial charge < -0.3 is 15.6 Å². The standard InChI is InChI=1S/C12H20N4O2/c1-9-5-10(15-18-9)14-11(17)6-16-4-3-12(2,7-13)8-16/h5H,3-4,6-8,13H2,1-2H3,(H,14,15,17). The maximum atomic E-state index is 11.8. The molecule has 100 valence electrons. The van der Waals surface area contributed by atoms with Gasteiger partial charge in [0.1, 0.15) is 5.76 Å². The van der Waals surface area contributed by atoms with Gasteiger partial charge in [0.15, 0.2) is 5.82 Å². The number of nitrogens with zero attached hydrogens (tertiary/aromatic N) is 2. The molecule has 1 aliphatic heterocycles. The number of carbonyl (C=O) groups excluding carboxylic acids is 1. The Balaban J connectivity index is 1.82. The van der Waals surface area contributed by atoms with Crippen molar-refractivity contribution < 1.29 is 9.32 Å². The first-order valence-corrected chi connectivity index (χ1v) is 6.16. The van der Waals surface area contributed by atoms with Gasteiger partial charge in [-0.05, 0) is 31.8 Å². The van der Waals surface area contributed by atoms with Crippen molar-refractivity contribution in [3.05, 3.63) is 11.8 Å². The van der Waals surface area contributed by atoms with E-state index in [9.17, 15) is 4.79 Å². The Labute approximate surface area is 106 Å². The predicted octanol–water partition coefficient (Wildman–Crippen LogP) is 0.592. The number of hydrogen-bond donors (Lipinski definition) is 2. The number of nitrogens with two attached hydrogens (primary N) is 1. The fraction of sp³-hybridized carbons (Fsp3) is 0.667. The topological polar surface area (TPSA) is 84.4 Å². The van der Waals surface area contributed by atoms with E-state index >= 15 is 0 Å². The lowest BCUT2D eigenvalue weighted by atomic mass is 9.90. The molecule has 6 heteroatoms. The largest absolute Gasteiger partial charge is 0.360 e. The lowest BCUT2D eigenvalue weighted by Crippen LogP contribution is -2.35. The SMILES string of the molecule is Cc1cc(NC(=O)CN2CCC(C)(CN)C2)no1. The van der Waals surface area contributed by atoms with Crippen LogP contribution in [0, 0.1) is 12.3 Å². The molecule has 0 aromatic carbocycles. The van der Waals surface area contributed by atoms with Crippen LogP contribution in [0.4, 0.5) is 5.82 Å². The number of aryl methyl sites for hydroxylation is 1. The van der Waals surface area contributed by atoms with Gasteiger partial charge in [0.05, 0.1) is 6.54 Å². The van der Waals surface area contributed by atoms with Crippen LogP contribution in [0.5, 0.6) is 0 Å². The molecule has 0 bridgehead atoms. The van der Waals surface area contributed by atoms with E-state index in [1.807, 2.05) is 0 Å². The van der Waals surface area contributed by atoms with Gasteiger partial charge >= 0.3 is 0 Å². The normalized spacial score (nSPS) is 24.4. The van der Waals surface area contributed by atoms with E-state index in [1.54, 1.807) is 13.0 Å². The highest BCUT2D eigenvalue weighted by atomic mass is 16.5. The van der Waals surface area contributed by atoms with Crippen molar-refractivity contribution in [3.63, 3.8) is 0 Å². The average molecular weight is 252 g/mol. The third-order valence-corrected chi connectivity index (χ3v) is 3.39. The number of likely N-dealkylation sites (tertiary alicyclic amines) is 1. The summed E-state index contributed by atoms with van der Waals surface area (Å²) in [5, 5.41) is 6.45. The molecule has 18 heavy (non-hydrogen) atoms. The molecule has 0 radical (unpaired) electrons. The molecule has 1 unspecified atom stereocenters. The molecule has 0 saturated carbocycles. The zero-order valence-electron chi connectivity index (χ0n) is 10.9. The molecule has 0 aliphatic carbocycles. The molecular weight excluding hydrogens is 232 g/mol. The van der Waals surface area contributed by atoms with Gasteiger partial charge in [0.2, 0.25) is 5.91 Å². The van der Waals surface area contributed by atoms with E-state index in [1.165, 1.54) is 0 Å². The van der Waals surface area contributed by atoms with Crippen LogP contribution in [-0.4, -0.2) is 42.1 Å². The molecule has 1 atom stereocenters. The molecule has 6 nitrogen and oxygen atoms in total. The van der Waals surface area contributed by atoms with E-state index in [0.717, 1.165) is 19.5 Å². The van der Waals surface area contributed by atoms with Gasteiger partial charge in [0, 0.05) is 12.6 Å². The summed E-state index contributed by atoms with van der Waals surface area (Å²) in [6, 6.07) is 1.70. The first kappa shape index (κ1) is 13.0. The Morgan fingerprint density at radius 3 is 3.06 bits per heavy atom. The Morgan fingerprint density at radius 2 is 2.50 bits per heavy atom. The summed E-state index contributed by atoms with van der Waals surface area (Å²) in [5.41, 5.74) is 5.88. The minimum Gasteiger partial charge on any atom is -0.360 e. The lowest BCUT2D eigenvalue weighted by molar-refractivity contribution is -0.117. The number of carbonyl (C=O) groups is 1. The summed E-state index contributed by atoms with van der Waals surface area (Å²) in [6.45, 7) is 6.77. The molecule has 3 N–H and O–H groups in total. The van der Waals surface area contributed by atoms with Crippen molar-refractivity contribution >= 4 is 11.7 Å². The van der Waals surface area contributed by atoms with Crippen molar-refractivity contribution in [1.29, 1.82) is 0 Å². The van der Waals surface area contributed by atoms with E-state index in [0.29, 0.717) is 24.7 Å². The van der Waals surface area contributed by atoms with Crippen molar-refractivity contribution in [1.82, 2.24) is 10.1 Å². The summed E-state index contributed by atoms with van der Waals surface area (Å²) < 4.78 is 4.89. The summed E-state index contributed by atoms with van der Waals surface area (Å²) in [5.74, 6) is 1.09. The van der Waals surface area contributed by atoms with Crippen molar-refractivity contribution in [2.75, 3.05) is 31.5 Å². The van der Waals surface area contributed by atoms with Gasteiger partial charge in [-0.3, -0.25) is 9.69 Å². The summed E-state index contributed by atoms with van der Waals surface area (Å²) in [6.07, 6.45) is 1.04. The molecular formula is C12H20N4O2. The quantitative estimate of drug-likeness (QED) is 0.819. The second kappa shape index (κ2) is 5.07. The number of nitrogens with one attached hydrogen (secondary N) is 1. The summed E-state index contributed by atoms with van der Waals surface area (Å²) in [4.78, 5) is 13.9. The number of amides is 1. The second-order valence-corrected chi connectivity index (χ2v) is 5.35. The third kappa shape index (κ3) is 3.08. The minimum atomic E-state index is -0.0652.